The molecule has 0 heterocycles. The molecule has 0 aliphatic heterocycles. The van der Waals surface area contributed by atoms with Crippen LogP contribution in [-0.4, -0.2) is 19.2 Å². The summed E-state index contributed by atoms with van der Waals surface area (Å²) in [5.41, 5.74) is -1.12. The zero-order valence-corrected chi connectivity index (χ0v) is 11.0. The quantitative estimate of drug-likeness (QED) is 0.592. The van der Waals surface area contributed by atoms with Crippen LogP contribution in [0.3, 0.4) is 0 Å². The summed E-state index contributed by atoms with van der Waals surface area (Å²) in [5, 5.41) is 0. The Morgan fingerprint density at radius 1 is 1.29 bits per heavy atom. The number of aryl methyl sites for hydroxylation is 1. The summed E-state index contributed by atoms with van der Waals surface area (Å²) in [5.74, 6) is -1.49. The van der Waals surface area contributed by atoms with Crippen LogP contribution < -0.4 is 4.74 Å². The largest absolute Gasteiger partial charge is 0.466 e. The SMILES string of the molecule is CCOC(=O)CCc1ccc(OC(F)F)c(C(F)(F)F)c1. The molecule has 0 saturated carbocycles. The lowest BCUT2D eigenvalue weighted by Crippen LogP contribution is -2.12. The first kappa shape index (κ1) is 17.2. The highest BCUT2D eigenvalue weighted by molar-refractivity contribution is 5.69. The summed E-state index contributed by atoms with van der Waals surface area (Å²) in [4.78, 5) is 11.1. The molecule has 0 N–H and O–H groups in total. The number of esters is 1. The van der Waals surface area contributed by atoms with E-state index in [1.165, 1.54) is 6.07 Å². The molecule has 0 fully saturated rings. The van der Waals surface area contributed by atoms with Gasteiger partial charge in [0.05, 0.1) is 12.2 Å². The van der Waals surface area contributed by atoms with E-state index in [-0.39, 0.29) is 25.0 Å². The first-order chi connectivity index (χ1) is 9.74. The summed E-state index contributed by atoms with van der Waals surface area (Å²) in [6.45, 7) is -1.57. The molecule has 0 unspecified atom stereocenters. The molecule has 0 saturated heterocycles. The molecule has 8 heteroatoms. The van der Waals surface area contributed by atoms with Gasteiger partial charge in [-0.3, -0.25) is 4.79 Å². The summed E-state index contributed by atoms with van der Waals surface area (Å²) in [7, 11) is 0. The van der Waals surface area contributed by atoms with Crippen LogP contribution in [-0.2, 0) is 22.1 Å². The van der Waals surface area contributed by atoms with Gasteiger partial charge in [-0.25, -0.2) is 0 Å². The number of hydrogen-bond acceptors (Lipinski definition) is 3. The lowest BCUT2D eigenvalue weighted by atomic mass is 10.1. The molecule has 0 atom stereocenters. The normalized spacial score (nSPS) is 11.6. The number of alkyl halides is 5. The van der Waals surface area contributed by atoms with Crippen LogP contribution >= 0.6 is 0 Å². The van der Waals surface area contributed by atoms with Crippen LogP contribution in [0.25, 0.3) is 0 Å². The molecule has 0 radical (unpaired) electrons. The number of hydrogen-bond donors (Lipinski definition) is 0. The van der Waals surface area contributed by atoms with Crippen LogP contribution in [0.1, 0.15) is 24.5 Å². The van der Waals surface area contributed by atoms with Gasteiger partial charge in [-0.05, 0) is 31.0 Å². The van der Waals surface area contributed by atoms with Gasteiger partial charge in [-0.1, -0.05) is 6.07 Å². The zero-order chi connectivity index (χ0) is 16.0. The van der Waals surface area contributed by atoms with Gasteiger partial charge in [0.15, 0.2) is 0 Å². The molecule has 0 amide bonds. The fourth-order valence-electron chi connectivity index (χ4n) is 1.63. The van der Waals surface area contributed by atoms with E-state index in [1.54, 1.807) is 6.92 Å². The minimum absolute atomic E-state index is 0.0108. The fourth-order valence-corrected chi connectivity index (χ4v) is 1.63. The van der Waals surface area contributed by atoms with Crippen molar-refractivity contribution < 1.29 is 36.2 Å². The summed E-state index contributed by atoms with van der Waals surface area (Å²) < 4.78 is 71.0. The molecule has 1 rings (SSSR count). The molecular formula is C13H13F5O3. The lowest BCUT2D eigenvalue weighted by molar-refractivity contribution is -0.143. The van der Waals surface area contributed by atoms with Crippen molar-refractivity contribution in [2.45, 2.75) is 32.6 Å². The Labute approximate surface area is 117 Å². The van der Waals surface area contributed by atoms with Gasteiger partial charge < -0.3 is 9.47 Å². The molecule has 0 aromatic heterocycles. The summed E-state index contributed by atoms with van der Waals surface area (Å²) in [6, 6.07) is 2.71. The second-order valence-electron chi connectivity index (χ2n) is 4.01. The Hall–Kier alpha value is -1.86. The number of benzene rings is 1. The van der Waals surface area contributed by atoms with Gasteiger partial charge in [0.25, 0.3) is 0 Å². The van der Waals surface area contributed by atoms with Gasteiger partial charge in [-0.2, -0.15) is 22.0 Å². The van der Waals surface area contributed by atoms with Gasteiger partial charge in [0, 0.05) is 6.42 Å². The van der Waals surface area contributed by atoms with Crippen molar-refractivity contribution in [3.63, 3.8) is 0 Å². The molecule has 118 valence electrons. The van der Waals surface area contributed by atoms with E-state index in [0.717, 1.165) is 6.07 Å². The molecule has 0 aliphatic rings. The first-order valence-electron chi connectivity index (χ1n) is 6.04. The van der Waals surface area contributed by atoms with E-state index in [2.05, 4.69) is 9.47 Å². The molecular weight excluding hydrogens is 299 g/mol. The maximum absolute atomic E-state index is 12.8. The monoisotopic (exact) mass is 312 g/mol. The van der Waals surface area contributed by atoms with Crippen molar-refractivity contribution in [1.82, 2.24) is 0 Å². The average molecular weight is 312 g/mol. The Balaban J connectivity index is 2.91. The van der Waals surface area contributed by atoms with Gasteiger partial charge in [0.1, 0.15) is 5.75 Å². The molecule has 1 aromatic rings. The third-order valence-electron chi connectivity index (χ3n) is 2.49. The minimum Gasteiger partial charge on any atom is -0.466 e. The number of carbonyl (C=O) groups is 1. The van der Waals surface area contributed by atoms with Crippen molar-refractivity contribution in [2.24, 2.45) is 0 Å². The van der Waals surface area contributed by atoms with E-state index in [0.29, 0.717) is 6.07 Å². The van der Waals surface area contributed by atoms with E-state index >= 15 is 0 Å². The molecule has 0 spiro atoms. The first-order valence-corrected chi connectivity index (χ1v) is 6.04. The lowest BCUT2D eigenvalue weighted by Gasteiger charge is -2.14. The van der Waals surface area contributed by atoms with E-state index in [4.69, 9.17) is 0 Å². The van der Waals surface area contributed by atoms with Crippen LogP contribution in [0.5, 0.6) is 5.75 Å². The zero-order valence-electron chi connectivity index (χ0n) is 11.0. The van der Waals surface area contributed by atoms with Gasteiger partial charge >= 0.3 is 18.8 Å². The predicted octanol–water partition coefficient (Wildman–Crippen LogP) is 3.80. The molecule has 21 heavy (non-hydrogen) atoms. The van der Waals surface area contributed by atoms with Crippen molar-refractivity contribution in [1.29, 1.82) is 0 Å². The smallest absolute Gasteiger partial charge is 0.419 e. The standard InChI is InChI=1S/C13H13F5O3/c1-2-20-11(19)6-4-8-3-5-10(21-12(14)15)9(7-8)13(16,17)18/h3,5,7,12H,2,4,6H2,1H3. The maximum atomic E-state index is 12.8. The molecule has 3 nitrogen and oxygen atoms in total. The Bertz CT molecular complexity index is 485. The Kier molecular flexibility index (Phi) is 5.92. The summed E-state index contributed by atoms with van der Waals surface area (Å²) >= 11 is 0. The number of rotatable bonds is 6. The highest BCUT2D eigenvalue weighted by Crippen LogP contribution is 2.37. The molecule has 0 bridgehead atoms. The third-order valence-corrected chi connectivity index (χ3v) is 2.49. The van der Waals surface area contributed by atoms with E-state index in [1.807, 2.05) is 0 Å². The topological polar surface area (TPSA) is 35.5 Å². The fraction of sp³-hybridized carbons (Fsp3) is 0.462. The van der Waals surface area contributed by atoms with Crippen molar-refractivity contribution in [3.8, 4) is 5.75 Å². The van der Waals surface area contributed by atoms with Crippen LogP contribution in [0.2, 0.25) is 0 Å². The van der Waals surface area contributed by atoms with Crippen LogP contribution in [0.15, 0.2) is 18.2 Å². The van der Waals surface area contributed by atoms with Crippen molar-refractivity contribution >= 4 is 5.97 Å². The number of halogens is 5. The van der Waals surface area contributed by atoms with Crippen LogP contribution in [0, 0.1) is 0 Å². The third kappa shape index (κ3) is 5.57. The van der Waals surface area contributed by atoms with Gasteiger partial charge in [-0.15, -0.1) is 0 Å². The average Bonchev–Trinajstić information content (AvgIpc) is 2.36. The predicted molar refractivity (Wildman–Crippen MR) is 63.0 cm³/mol. The van der Waals surface area contributed by atoms with Crippen LogP contribution in [0.4, 0.5) is 22.0 Å². The second kappa shape index (κ2) is 7.24. The molecule has 0 aliphatic carbocycles. The van der Waals surface area contributed by atoms with E-state index < -0.39 is 30.1 Å². The highest BCUT2D eigenvalue weighted by Gasteiger charge is 2.35. The Morgan fingerprint density at radius 3 is 2.48 bits per heavy atom. The highest BCUT2D eigenvalue weighted by atomic mass is 19.4. The summed E-state index contributed by atoms with van der Waals surface area (Å²) in [6.07, 6.45) is -4.92. The second-order valence-corrected chi connectivity index (χ2v) is 4.01. The number of ether oxygens (including phenoxy) is 2. The molecule has 1 aromatic carbocycles. The minimum atomic E-state index is -4.83. The maximum Gasteiger partial charge on any atom is 0.419 e. The van der Waals surface area contributed by atoms with E-state index in [9.17, 15) is 26.7 Å². The van der Waals surface area contributed by atoms with Crippen molar-refractivity contribution in [2.75, 3.05) is 6.61 Å². The van der Waals surface area contributed by atoms with Crippen molar-refractivity contribution in [3.05, 3.63) is 29.3 Å². The number of carbonyl (C=O) groups excluding carboxylic acids is 1. The van der Waals surface area contributed by atoms with Gasteiger partial charge in [0.2, 0.25) is 0 Å². The Morgan fingerprint density at radius 2 is 1.95 bits per heavy atom.